The summed E-state index contributed by atoms with van der Waals surface area (Å²) in [5, 5.41) is 9.83. The fourth-order valence-corrected chi connectivity index (χ4v) is 1.49. The molecule has 1 N–H and O–H groups in total. The monoisotopic (exact) mass is 202 g/mol. The number of hydrogen-bond acceptors (Lipinski definition) is 3. The Kier molecular flexibility index (Phi) is 4.35. The van der Waals surface area contributed by atoms with Crippen LogP contribution >= 0.6 is 0 Å². The van der Waals surface area contributed by atoms with Gasteiger partial charge in [-0.2, -0.15) is 0 Å². The van der Waals surface area contributed by atoms with Crippen molar-refractivity contribution in [2.45, 2.75) is 45.8 Å². The molecular formula is C11H22O3. The highest BCUT2D eigenvalue weighted by atomic mass is 16.6. The summed E-state index contributed by atoms with van der Waals surface area (Å²) in [6, 6.07) is 0. The first-order chi connectivity index (χ1) is 6.49. The van der Waals surface area contributed by atoms with Crippen LogP contribution in [-0.2, 0) is 9.47 Å². The lowest BCUT2D eigenvalue weighted by Gasteiger charge is -2.29. The van der Waals surface area contributed by atoms with E-state index in [1.165, 1.54) is 0 Å². The van der Waals surface area contributed by atoms with Gasteiger partial charge >= 0.3 is 0 Å². The molecule has 0 spiro atoms. The molecule has 3 heteroatoms. The molecule has 0 saturated carbocycles. The highest BCUT2D eigenvalue weighted by Crippen LogP contribution is 2.23. The summed E-state index contributed by atoms with van der Waals surface area (Å²) in [5.74, 6) is 0. The summed E-state index contributed by atoms with van der Waals surface area (Å²) >= 11 is 0. The first-order valence-corrected chi connectivity index (χ1v) is 5.36. The molecule has 1 aliphatic rings. The molecule has 0 aliphatic carbocycles. The van der Waals surface area contributed by atoms with E-state index < -0.39 is 0 Å². The summed E-state index contributed by atoms with van der Waals surface area (Å²) < 4.78 is 10.7. The predicted molar refractivity (Wildman–Crippen MR) is 55.3 cm³/mol. The van der Waals surface area contributed by atoms with Gasteiger partial charge in [0.05, 0.1) is 25.9 Å². The van der Waals surface area contributed by atoms with Crippen LogP contribution in [0.3, 0.4) is 0 Å². The number of rotatable bonds is 3. The van der Waals surface area contributed by atoms with Crippen LogP contribution in [0.2, 0.25) is 0 Å². The van der Waals surface area contributed by atoms with E-state index in [1.807, 2.05) is 0 Å². The molecule has 14 heavy (non-hydrogen) atoms. The molecule has 0 aromatic carbocycles. The Morgan fingerprint density at radius 2 is 2.07 bits per heavy atom. The minimum absolute atomic E-state index is 0.119. The van der Waals surface area contributed by atoms with Crippen molar-refractivity contribution in [1.29, 1.82) is 0 Å². The number of hydrogen-bond donors (Lipinski definition) is 1. The van der Waals surface area contributed by atoms with Gasteiger partial charge in [0, 0.05) is 0 Å². The standard InChI is InChI=1S/C11H22O3/c1-11(2,3)5-4-9(12)10-8-13-6-7-14-10/h9-10,12H,4-8H2,1-3H3. The smallest absolute Gasteiger partial charge is 0.107 e. The Balaban J connectivity index is 2.23. The number of aliphatic hydroxyl groups excluding tert-OH is 1. The van der Waals surface area contributed by atoms with Crippen molar-refractivity contribution in [3.05, 3.63) is 0 Å². The lowest BCUT2D eigenvalue weighted by Crippen LogP contribution is -2.38. The Morgan fingerprint density at radius 1 is 1.36 bits per heavy atom. The molecule has 0 aromatic rings. The Hall–Kier alpha value is -0.120. The SMILES string of the molecule is CC(C)(C)CCC(O)C1COCCO1. The lowest BCUT2D eigenvalue weighted by atomic mass is 9.88. The Labute approximate surface area is 86.4 Å². The molecule has 0 bridgehead atoms. The van der Waals surface area contributed by atoms with Crippen molar-refractivity contribution in [3.63, 3.8) is 0 Å². The summed E-state index contributed by atoms with van der Waals surface area (Å²) in [4.78, 5) is 0. The van der Waals surface area contributed by atoms with Crippen LogP contribution in [0.25, 0.3) is 0 Å². The third kappa shape index (κ3) is 4.40. The van der Waals surface area contributed by atoms with E-state index in [4.69, 9.17) is 9.47 Å². The quantitative estimate of drug-likeness (QED) is 0.755. The minimum Gasteiger partial charge on any atom is -0.390 e. The molecular weight excluding hydrogens is 180 g/mol. The van der Waals surface area contributed by atoms with E-state index >= 15 is 0 Å². The second-order valence-corrected chi connectivity index (χ2v) is 5.15. The van der Waals surface area contributed by atoms with Crippen LogP contribution < -0.4 is 0 Å². The number of aliphatic hydroxyl groups is 1. The molecule has 1 saturated heterocycles. The van der Waals surface area contributed by atoms with E-state index in [-0.39, 0.29) is 17.6 Å². The maximum Gasteiger partial charge on any atom is 0.107 e. The molecule has 1 heterocycles. The molecule has 0 aromatic heterocycles. The van der Waals surface area contributed by atoms with Crippen molar-refractivity contribution in [1.82, 2.24) is 0 Å². The van der Waals surface area contributed by atoms with Gasteiger partial charge < -0.3 is 14.6 Å². The third-order valence-electron chi connectivity index (χ3n) is 2.46. The van der Waals surface area contributed by atoms with Gasteiger partial charge in [0.1, 0.15) is 6.10 Å². The molecule has 2 unspecified atom stereocenters. The van der Waals surface area contributed by atoms with Crippen molar-refractivity contribution in [2.75, 3.05) is 19.8 Å². The van der Waals surface area contributed by atoms with Gasteiger partial charge in [-0.3, -0.25) is 0 Å². The third-order valence-corrected chi connectivity index (χ3v) is 2.46. The van der Waals surface area contributed by atoms with E-state index in [0.717, 1.165) is 12.8 Å². The van der Waals surface area contributed by atoms with Gasteiger partial charge in [0.25, 0.3) is 0 Å². The molecule has 84 valence electrons. The highest BCUT2D eigenvalue weighted by Gasteiger charge is 2.24. The average molecular weight is 202 g/mol. The summed E-state index contributed by atoms with van der Waals surface area (Å²) in [7, 11) is 0. The lowest BCUT2D eigenvalue weighted by molar-refractivity contribution is -0.134. The fraction of sp³-hybridized carbons (Fsp3) is 1.00. The molecule has 2 atom stereocenters. The van der Waals surface area contributed by atoms with Crippen LogP contribution in [0.1, 0.15) is 33.6 Å². The fourth-order valence-electron chi connectivity index (χ4n) is 1.49. The van der Waals surface area contributed by atoms with Gasteiger partial charge in [-0.25, -0.2) is 0 Å². The zero-order valence-electron chi connectivity index (χ0n) is 9.45. The Bertz CT molecular complexity index is 156. The first-order valence-electron chi connectivity index (χ1n) is 5.36. The molecule has 1 fully saturated rings. The minimum atomic E-state index is -0.380. The van der Waals surface area contributed by atoms with E-state index in [1.54, 1.807) is 0 Å². The largest absolute Gasteiger partial charge is 0.390 e. The zero-order valence-corrected chi connectivity index (χ0v) is 9.45. The maximum atomic E-state index is 9.83. The topological polar surface area (TPSA) is 38.7 Å². The summed E-state index contributed by atoms with van der Waals surface area (Å²) in [5.41, 5.74) is 0.274. The number of ether oxygens (including phenoxy) is 2. The molecule has 3 nitrogen and oxygen atoms in total. The van der Waals surface area contributed by atoms with Crippen LogP contribution in [0.15, 0.2) is 0 Å². The van der Waals surface area contributed by atoms with Gasteiger partial charge in [0.2, 0.25) is 0 Å². The second kappa shape index (κ2) is 5.10. The first kappa shape index (κ1) is 12.0. The van der Waals surface area contributed by atoms with Crippen LogP contribution in [0.4, 0.5) is 0 Å². The average Bonchev–Trinajstić information content (AvgIpc) is 2.14. The normalized spacial score (nSPS) is 26.1. The molecule has 0 amide bonds. The van der Waals surface area contributed by atoms with E-state index in [2.05, 4.69) is 20.8 Å². The second-order valence-electron chi connectivity index (χ2n) is 5.15. The van der Waals surface area contributed by atoms with Crippen molar-refractivity contribution in [2.24, 2.45) is 5.41 Å². The van der Waals surface area contributed by atoms with Crippen molar-refractivity contribution < 1.29 is 14.6 Å². The van der Waals surface area contributed by atoms with Gasteiger partial charge in [-0.05, 0) is 18.3 Å². The van der Waals surface area contributed by atoms with E-state index in [0.29, 0.717) is 19.8 Å². The highest BCUT2D eigenvalue weighted by molar-refractivity contribution is 4.74. The van der Waals surface area contributed by atoms with Crippen LogP contribution in [0, 0.1) is 5.41 Å². The van der Waals surface area contributed by atoms with E-state index in [9.17, 15) is 5.11 Å². The van der Waals surface area contributed by atoms with Gasteiger partial charge in [0.15, 0.2) is 0 Å². The van der Waals surface area contributed by atoms with Gasteiger partial charge in [-0.15, -0.1) is 0 Å². The van der Waals surface area contributed by atoms with Crippen LogP contribution in [0.5, 0.6) is 0 Å². The maximum absolute atomic E-state index is 9.83. The predicted octanol–water partition coefficient (Wildman–Crippen LogP) is 1.59. The summed E-state index contributed by atoms with van der Waals surface area (Å²) in [6.07, 6.45) is 1.30. The Morgan fingerprint density at radius 3 is 2.57 bits per heavy atom. The zero-order chi connectivity index (χ0) is 10.6. The van der Waals surface area contributed by atoms with Gasteiger partial charge in [-0.1, -0.05) is 20.8 Å². The molecule has 1 aliphatic heterocycles. The van der Waals surface area contributed by atoms with Crippen molar-refractivity contribution in [3.8, 4) is 0 Å². The molecule has 0 radical (unpaired) electrons. The van der Waals surface area contributed by atoms with Crippen LogP contribution in [-0.4, -0.2) is 37.1 Å². The molecule has 1 rings (SSSR count). The van der Waals surface area contributed by atoms with Crippen molar-refractivity contribution >= 4 is 0 Å². The summed E-state index contributed by atoms with van der Waals surface area (Å²) in [6.45, 7) is 8.33.